The molecule has 140 valence electrons. The highest BCUT2D eigenvalue weighted by Crippen LogP contribution is 2.25. The van der Waals surface area contributed by atoms with Gasteiger partial charge in [-0.2, -0.15) is 5.10 Å². The molecule has 2 heterocycles. The normalized spacial score (nSPS) is 11.5. The van der Waals surface area contributed by atoms with E-state index in [-0.39, 0.29) is 10.6 Å². The molecule has 1 N–H and O–H groups in total. The van der Waals surface area contributed by atoms with Gasteiger partial charge in [0.15, 0.2) is 5.65 Å². The van der Waals surface area contributed by atoms with Crippen molar-refractivity contribution in [2.75, 3.05) is 0 Å². The van der Waals surface area contributed by atoms with Crippen molar-refractivity contribution >= 4 is 33.2 Å². The first kappa shape index (κ1) is 18.1. The highest BCUT2D eigenvalue weighted by Gasteiger charge is 2.20. The Balaban J connectivity index is 1.70. The quantitative estimate of drug-likeness (QED) is 0.555. The van der Waals surface area contributed by atoms with E-state index >= 15 is 0 Å². The average molecular weight is 413 g/mol. The van der Waals surface area contributed by atoms with Crippen molar-refractivity contribution in [1.82, 2.24) is 19.3 Å². The summed E-state index contributed by atoms with van der Waals surface area (Å²) < 4.78 is 28.3. The van der Waals surface area contributed by atoms with E-state index in [4.69, 9.17) is 11.6 Å². The van der Waals surface area contributed by atoms with Crippen LogP contribution < -0.4 is 4.72 Å². The first-order valence-corrected chi connectivity index (χ1v) is 10.0. The third-order valence-electron chi connectivity index (χ3n) is 4.02. The number of carbonyl (C=O) groups is 1. The number of sulfonamides is 1. The molecule has 0 bridgehead atoms. The Labute approximate surface area is 165 Å². The minimum absolute atomic E-state index is 0.00611. The molecule has 0 atom stereocenters. The summed E-state index contributed by atoms with van der Waals surface area (Å²) in [6.07, 6.45) is 3.15. The summed E-state index contributed by atoms with van der Waals surface area (Å²) in [5, 5.41) is 4.76. The summed E-state index contributed by atoms with van der Waals surface area (Å²) in [6, 6.07) is 16.2. The number of halogens is 1. The van der Waals surface area contributed by atoms with Crippen molar-refractivity contribution < 1.29 is 13.2 Å². The third kappa shape index (κ3) is 3.47. The third-order valence-corrected chi connectivity index (χ3v) is 5.60. The molecular weight excluding hydrogens is 400 g/mol. The molecule has 0 radical (unpaired) electrons. The Morgan fingerprint density at radius 1 is 1.04 bits per heavy atom. The van der Waals surface area contributed by atoms with E-state index in [1.807, 2.05) is 10.8 Å². The number of amides is 1. The summed E-state index contributed by atoms with van der Waals surface area (Å²) in [4.78, 5) is 16.8. The van der Waals surface area contributed by atoms with Gasteiger partial charge >= 0.3 is 0 Å². The predicted molar refractivity (Wildman–Crippen MR) is 105 cm³/mol. The molecule has 0 unspecified atom stereocenters. The number of carbonyl (C=O) groups excluding carboxylic acids is 1. The van der Waals surface area contributed by atoms with E-state index < -0.39 is 15.9 Å². The highest BCUT2D eigenvalue weighted by atomic mass is 35.5. The zero-order valence-corrected chi connectivity index (χ0v) is 15.9. The monoisotopic (exact) mass is 412 g/mol. The average Bonchev–Trinajstić information content (AvgIpc) is 3.11. The van der Waals surface area contributed by atoms with Crippen LogP contribution in [0.1, 0.15) is 10.5 Å². The maximum absolute atomic E-state index is 12.5. The van der Waals surface area contributed by atoms with E-state index in [2.05, 4.69) is 10.1 Å². The Morgan fingerprint density at radius 3 is 2.57 bits per heavy atom. The van der Waals surface area contributed by atoms with E-state index in [1.165, 1.54) is 22.7 Å². The lowest BCUT2D eigenvalue weighted by atomic mass is 10.1. The van der Waals surface area contributed by atoms with E-state index in [0.717, 1.165) is 5.56 Å². The number of hydrogen-bond donors (Lipinski definition) is 1. The second-order valence-electron chi connectivity index (χ2n) is 5.90. The van der Waals surface area contributed by atoms with Gasteiger partial charge in [-0.25, -0.2) is 22.6 Å². The molecule has 4 rings (SSSR count). The van der Waals surface area contributed by atoms with Crippen molar-refractivity contribution in [3.05, 3.63) is 83.8 Å². The largest absolute Gasteiger partial charge is 0.283 e. The fraction of sp³-hybridized carbons (Fsp3) is 0. The molecule has 1 amide bonds. The second-order valence-corrected chi connectivity index (χ2v) is 8.02. The lowest BCUT2D eigenvalue weighted by Crippen LogP contribution is -2.31. The Bertz CT molecular complexity index is 1290. The summed E-state index contributed by atoms with van der Waals surface area (Å²) >= 11 is 6.05. The van der Waals surface area contributed by atoms with Gasteiger partial charge in [-0.05, 0) is 35.9 Å². The van der Waals surface area contributed by atoms with E-state index in [1.54, 1.807) is 48.8 Å². The molecule has 0 aliphatic heterocycles. The van der Waals surface area contributed by atoms with Gasteiger partial charge in [0.05, 0.1) is 11.1 Å². The first-order valence-electron chi connectivity index (χ1n) is 8.16. The standard InChI is InChI=1S/C19H13ClN4O3S/c20-14-6-4-5-13(11-14)16-12-21-24-10-9-17(22-18(16)24)19(25)23-28(26,27)15-7-2-1-3-8-15/h1-12H,(H,23,25). The molecular formula is C19H13ClN4O3S. The maximum Gasteiger partial charge on any atom is 0.283 e. The second kappa shape index (κ2) is 7.06. The number of benzene rings is 2. The zero-order chi connectivity index (χ0) is 19.7. The Morgan fingerprint density at radius 2 is 1.82 bits per heavy atom. The minimum atomic E-state index is -3.99. The van der Waals surface area contributed by atoms with Crippen LogP contribution in [0.15, 0.2) is 78.0 Å². The maximum atomic E-state index is 12.5. The van der Waals surface area contributed by atoms with E-state index in [9.17, 15) is 13.2 Å². The zero-order valence-electron chi connectivity index (χ0n) is 14.3. The molecule has 0 aliphatic carbocycles. The fourth-order valence-electron chi connectivity index (χ4n) is 2.69. The predicted octanol–water partition coefficient (Wildman–Crippen LogP) is 3.17. The molecule has 0 saturated carbocycles. The smallest absolute Gasteiger partial charge is 0.266 e. The lowest BCUT2D eigenvalue weighted by molar-refractivity contribution is 0.0976. The van der Waals surface area contributed by atoms with Crippen LogP contribution in [-0.4, -0.2) is 28.9 Å². The number of nitrogens with zero attached hydrogens (tertiary/aromatic N) is 3. The number of hydrogen-bond acceptors (Lipinski definition) is 5. The van der Waals surface area contributed by atoms with Crippen LogP contribution in [0.2, 0.25) is 5.02 Å². The topological polar surface area (TPSA) is 93.4 Å². The van der Waals surface area contributed by atoms with Gasteiger partial charge in [0.2, 0.25) is 0 Å². The number of rotatable bonds is 4. The molecule has 2 aromatic carbocycles. The number of nitrogens with one attached hydrogen (secondary N) is 1. The Kier molecular flexibility index (Phi) is 4.58. The molecule has 0 aliphatic rings. The minimum Gasteiger partial charge on any atom is -0.266 e. The van der Waals surface area contributed by atoms with Gasteiger partial charge in [-0.3, -0.25) is 4.79 Å². The van der Waals surface area contributed by atoms with Crippen LogP contribution >= 0.6 is 11.6 Å². The van der Waals surface area contributed by atoms with E-state index in [0.29, 0.717) is 16.2 Å². The van der Waals surface area contributed by atoms with Crippen LogP contribution in [0.3, 0.4) is 0 Å². The van der Waals surface area contributed by atoms with Crippen LogP contribution in [-0.2, 0) is 10.0 Å². The molecule has 9 heteroatoms. The first-order chi connectivity index (χ1) is 13.4. The Hall–Kier alpha value is -3.23. The summed E-state index contributed by atoms with van der Waals surface area (Å²) in [7, 11) is -3.99. The van der Waals surface area contributed by atoms with Gasteiger partial charge in [0.1, 0.15) is 5.69 Å². The summed E-state index contributed by atoms with van der Waals surface area (Å²) in [5.74, 6) is -0.829. The summed E-state index contributed by atoms with van der Waals surface area (Å²) in [6.45, 7) is 0. The van der Waals surface area contributed by atoms with Crippen LogP contribution in [0.4, 0.5) is 0 Å². The van der Waals surface area contributed by atoms with Gasteiger partial charge in [0.25, 0.3) is 15.9 Å². The highest BCUT2D eigenvalue weighted by molar-refractivity contribution is 7.90. The fourth-order valence-corrected chi connectivity index (χ4v) is 3.86. The van der Waals surface area contributed by atoms with Gasteiger partial charge in [0, 0.05) is 16.8 Å². The van der Waals surface area contributed by atoms with Gasteiger partial charge in [-0.1, -0.05) is 41.9 Å². The SMILES string of the molecule is O=C(NS(=O)(=O)c1ccccc1)c1ccn2ncc(-c3cccc(Cl)c3)c2n1. The van der Waals surface area contributed by atoms with Crippen LogP contribution in [0, 0.1) is 0 Å². The number of fused-ring (bicyclic) bond motifs is 1. The summed E-state index contributed by atoms with van der Waals surface area (Å²) in [5.41, 5.74) is 1.82. The van der Waals surface area contributed by atoms with Crippen molar-refractivity contribution in [2.24, 2.45) is 0 Å². The van der Waals surface area contributed by atoms with Gasteiger partial charge in [-0.15, -0.1) is 0 Å². The number of aromatic nitrogens is 3. The van der Waals surface area contributed by atoms with Crippen LogP contribution in [0.5, 0.6) is 0 Å². The molecule has 28 heavy (non-hydrogen) atoms. The van der Waals surface area contributed by atoms with Crippen molar-refractivity contribution in [2.45, 2.75) is 4.90 Å². The van der Waals surface area contributed by atoms with Crippen molar-refractivity contribution in [3.63, 3.8) is 0 Å². The molecule has 2 aromatic heterocycles. The van der Waals surface area contributed by atoms with Crippen LogP contribution in [0.25, 0.3) is 16.8 Å². The lowest BCUT2D eigenvalue weighted by Gasteiger charge is -2.07. The molecule has 0 saturated heterocycles. The molecule has 4 aromatic rings. The molecule has 0 fully saturated rings. The van der Waals surface area contributed by atoms with Gasteiger partial charge < -0.3 is 0 Å². The molecule has 7 nitrogen and oxygen atoms in total. The molecule has 0 spiro atoms. The van der Waals surface area contributed by atoms with Crippen molar-refractivity contribution in [1.29, 1.82) is 0 Å². The van der Waals surface area contributed by atoms with Crippen molar-refractivity contribution in [3.8, 4) is 11.1 Å².